The molecule has 0 aromatic heterocycles. The smallest absolute Gasteiger partial charge is 0.307 e. The number of carbonyl (C=O) groups excluding carboxylic acids is 1. The summed E-state index contributed by atoms with van der Waals surface area (Å²) in [5.41, 5.74) is 3.31. The predicted molar refractivity (Wildman–Crippen MR) is 81.8 cm³/mol. The normalized spacial score (nSPS) is 12.4. The number of aliphatic carboxylic acids is 2. The molecule has 0 unspecified atom stereocenters. The van der Waals surface area contributed by atoms with E-state index in [1.165, 1.54) is 0 Å². The van der Waals surface area contributed by atoms with Gasteiger partial charge in [0.25, 0.3) is 0 Å². The van der Waals surface area contributed by atoms with Crippen molar-refractivity contribution in [2.24, 2.45) is 0 Å². The van der Waals surface area contributed by atoms with Gasteiger partial charge in [-0.2, -0.15) is 0 Å². The van der Waals surface area contributed by atoms with Crippen molar-refractivity contribution in [1.82, 2.24) is 0 Å². The summed E-state index contributed by atoms with van der Waals surface area (Å²) in [6.07, 6.45) is 0.0357. The van der Waals surface area contributed by atoms with Crippen molar-refractivity contribution in [1.29, 1.82) is 0 Å². The highest BCUT2D eigenvalue weighted by Crippen LogP contribution is 2.32. The van der Waals surface area contributed by atoms with E-state index in [0.717, 1.165) is 11.1 Å². The minimum atomic E-state index is -1.00. The highest BCUT2D eigenvalue weighted by atomic mass is 16.4. The van der Waals surface area contributed by atoms with Crippen molar-refractivity contribution in [3.05, 3.63) is 69.8 Å². The second-order valence-electron chi connectivity index (χ2n) is 5.55. The van der Waals surface area contributed by atoms with Gasteiger partial charge in [-0.05, 0) is 28.7 Å². The molecule has 0 bridgehead atoms. The Bertz CT molecular complexity index is 768. The standard InChI is InChI=1S/C18H14O5/c19-14(20)8-12-5-1-3-10-7-11-4-2-6-13(9-15(21)22)17(11)18(23)16(10)12/h1-6H,7-9H2,(H,19,20)(H,21,22). The zero-order valence-corrected chi connectivity index (χ0v) is 12.2. The first-order valence-electron chi connectivity index (χ1n) is 7.17. The molecule has 0 heterocycles. The van der Waals surface area contributed by atoms with Crippen LogP contribution in [-0.4, -0.2) is 27.9 Å². The highest BCUT2D eigenvalue weighted by Gasteiger charge is 2.28. The minimum Gasteiger partial charge on any atom is -0.481 e. The molecule has 23 heavy (non-hydrogen) atoms. The molecule has 0 radical (unpaired) electrons. The average Bonchev–Trinajstić information content (AvgIpc) is 2.46. The topological polar surface area (TPSA) is 91.7 Å². The first kappa shape index (κ1) is 15.0. The molecular weight excluding hydrogens is 296 g/mol. The molecule has 5 nitrogen and oxygen atoms in total. The van der Waals surface area contributed by atoms with Crippen molar-refractivity contribution < 1.29 is 24.6 Å². The first-order valence-corrected chi connectivity index (χ1v) is 7.17. The third kappa shape index (κ3) is 2.73. The van der Waals surface area contributed by atoms with Crippen LogP contribution in [0.15, 0.2) is 36.4 Å². The Morgan fingerprint density at radius 3 is 1.65 bits per heavy atom. The van der Waals surface area contributed by atoms with Crippen LogP contribution in [0.2, 0.25) is 0 Å². The van der Waals surface area contributed by atoms with Crippen LogP contribution in [-0.2, 0) is 28.9 Å². The Hall–Kier alpha value is -2.95. The van der Waals surface area contributed by atoms with Crippen molar-refractivity contribution >= 4 is 17.7 Å². The fourth-order valence-corrected chi connectivity index (χ4v) is 3.14. The number of ketones is 1. The van der Waals surface area contributed by atoms with Gasteiger partial charge in [-0.25, -0.2) is 0 Å². The van der Waals surface area contributed by atoms with Gasteiger partial charge in [0.2, 0.25) is 0 Å². The lowest BCUT2D eigenvalue weighted by atomic mass is 9.80. The predicted octanol–water partition coefficient (Wildman–Crippen LogP) is 2.08. The summed E-state index contributed by atoms with van der Waals surface area (Å²) in [7, 11) is 0. The average molecular weight is 310 g/mol. The number of hydrogen-bond acceptors (Lipinski definition) is 3. The highest BCUT2D eigenvalue weighted by molar-refractivity contribution is 6.14. The van der Waals surface area contributed by atoms with Gasteiger partial charge in [-0.3, -0.25) is 14.4 Å². The Kier molecular flexibility index (Phi) is 3.70. The summed E-state index contributed by atoms with van der Waals surface area (Å²) < 4.78 is 0. The van der Waals surface area contributed by atoms with E-state index in [2.05, 4.69) is 0 Å². The Morgan fingerprint density at radius 1 is 0.826 bits per heavy atom. The van der Waals surface area contributed by atoms with Crippen molar-refractivity contribution in [2.45, 2.75) is 19.3 Å². The zero-order valence-electron chi connectivity index (χ0n) is 12.2. The maximum Gasteiger partial charge on any atom is 0.307 e. The third-order valence-electron chi connectivity index (χ3n) is 3.99. The van der Waals surface area contributed by atoms with Gasteiger partial charge in [0.15, 0.2) is 5.78 Å². The van der Waals surface area contributed by atoms with E-state index in [9.17, 15) is 14.4 Å². The van der Waals surface area contributed by atoms with Crippen LogP contribution in [0.3, 0.4) is 0 Å². The lowest BCUT2D eigenvalue weighted by molar-refractivity contribution is -0.137. The molecule has 0 saturated carbocycles. The van der Waals surface area contributed by atoms with Gasteiger partial charge in [-0.1, -0.05) is 36.4 Å². The van der Waals surface area contributed by atoms with Gasteiger partial charge in [0.1, 0.15) is 0 Å². The monoisotopic (exact) mass is 310 g/mol. The lowest BCUT2D eigenvalue weighted by Crippen LogP contribution is -2.21. The maximum atomic E-state index is 12.9. The summed E-state index contributed by atoms with van der Waals surface area (Å²) in [5, 5.41) is 18.1. The summed E-state index contributed by atoms with van der Waals surface area (Å²) in [4.78, 5) is 35.0. The molecule has 3 rings (SSSR count). The van der Waals surface area contributed by atoms with Crippen LogP contribution >= 0.6 is 0 Å². The van der Waals surface area contributed by atoms with Crippen molar-refractivity contribution in [3.63, 3.8) is 0 Å². The number of benzene rings is 2. The zero-order chi connectivity index (χ0) is 16.6. The molecule has 2 aromatic rings. The number of carbonyl (C=O) groups is 3. The molecule has 0 fully saturated rings. The third-order valence-corrected chi connectivity index (χ3v) is 3.99. The molecule has 0 atom stereocenters. The van der Waals surface area contributed by atoms with E-state index >= 15 is 0 Å². The molecule has 1 aliphatic carbocycles. The Labute approximate surface area is 132 Å². The number of rotatable bonds is 4. The van der Waals surface area contributed by atoms with Crippen molar-refractivity contribution in [3.8, 4) is 0 Å². The van der Waals surface area contributed by atoms with E-state index in [0.29, 0.717) is 28.7 Å². The molecule has 2 N–H and O–H groups in total. The van der Waals surface area contributed by atoms with E-state index < -0.39 is 11.9 Å². The van der Waals surface area contributed by atoms with E-state index in [4.69, 9.17) is 10.2 Å². The summed E-state index contributed by atoms with van der Waals surface area (Å²) in [6.45, 7) is 0. The van der Waals surface area contributed by atoms with Gasteiger partial charge < -0.3 is 10.2 Å². The summed E-state index contributed by atoms with van der Waals surface area (Å²) in [6, 6.07) is 10.4. The van der Waals surface area contributed by atoms with E-state index in [1.54, 1.807) is 24.3 Å². The second-order valence-corrected chi connectivity index (χ2v) is 5.55. The fourth-order valence-electron chi connectivity index (χ4n) is 3.14. The largest absolute Gasteiger partial charge is 0.481 e. The molecule has 5 heteroatoms. The first-order chi connectivity index (χ1) is 11.0. The number of fused-ring (bicyclic) bond motifs is 2. The van der Waals surface area contributed by atoms with E-state index in [1.807, 2.05) is 12.1 Å². The summed E-state index contributed by atoms with van der Waals surface area (Å²) >= 11 is 0. The molecular formula is C18H14O5. The molecule has 0 aliphatic heterocycles. The van der Waals surface area contributed by atoms with Crippen LogP contribution < -0.4 is 0 Å². The van der Waals surface area contributed by atoms with Crippen molar-refractivity contribution in [2.75, 3.05) is 0 Å². The SMILES string of the molecule is O=C(O)Cc1cccc2c1C(=O)c1c(CC(=O)O)cccc1C2. The van der Waals surface area contributed by atoms with E-state index in [-0.39, 0.29) is 18.6 Å². The summed E-state index contributed by atoms with van der Waals surface area (Å²) in [5.74, 6) is -2.29. The van der Waals surface area contributed by atoms with Gasteiger partial charge >= 0.3 is 11.9 Å². The van der Waals surface area contributed by atoms with Gasteiger partial charge in [0.05, 0.1) is 12.8 Å². The van der Waals surface area contributed by atoms with Crippen LogP contribution in [0.5, 0.6) is 0 Å². The fraction of sp³-hybridized carbons (Fsp3) is 0.167. The van der Waals surface area contributed by atoms with Crippen LogP contribution in [0, 0.1) is 0 Å². The molecule has 0 spiro atoms. The minimum absolute atomic E-state index is 0.231. The molecule has 1 aliphatic rings. The maximum absolute atomic E-state index is 12.9. The number of carboxylic acid groups (broad SMARTS) is 2. The van der Waals surface area contributed by atoms with Crippen LogP contribution in [0.25, 0.3) is 0 Å². The van der Waals surface area contributed by atoms with Crippen LogP contribution in [0.4, 0.5) is 0 Å². The molecule has 0 saturated heterocycles. The second kappa shape index (κ2) is 5.68. The van der Waals surface area contributed by atoms with Crippen LogP contribution in [0.1, 0.15) is 38.2 Å². The van der Waals surface area contributed by atoms with Gasteiger partial charge in [0, 0.05) is 11.1 Å². The quantitative estimate of drug-likeness (QED) is 0.769. The van der Waals surface area contributed by atoms with Gasteiger partial charge in [-0.15, -0.1) is 0 Å². The molecule has 2 aromatic carbocycles. The number of hydrogen-bond donors (Lipinski definition) is 2. The lowest BCUT2D eigenvalue weighted by Gasteiger charge is -2.22. The Morgan fingerprint density at radius 2 is 1.26 bits per heavy atom. The Balaban J connectivity index is 2.15. The molecule has 0 amide bonds. The molecule has 116 valence electrons. The number of carboxylic acids is 2.